The zero-order valence-corrected chi connectivity index (χ0v) is 18.9. The van der Waals surface area contributed by atoms with Crippen LogP contribution in [0.4, 0.5) is 21.7 Å². The Kier molecular flexibility index (Phi) is 6.46. The number of hydrogen-bond acceptors (Lipinski definition) is 7. The zero-order valence-electron chi connectivity index (χ0n) is 18.9. The monoisotopic (exact) mass is 448 g/mol. The highest BCUT2D eigenvalue weighted by Crippen LogP contribution is 2.29. The standard InChI is InChI=1S/C25H29FN6O/c1-31-9-3-4-19(17-31)25-29-22(15-23(30-25)28-21-6-2-5-20(26)14-21)18-7-8-24(27-16-18)32-10-12-33-13-11-32/h2,5-8,14-16,19H,3-4,9-13,17H2,1H3,(H,28,29,30). The molecule has 0 amide bonds. The number of nitrogens with one attached hydrogen (secondary N) is 1. The van der Waals surface area contributed by atoms with Crippen LogP contribution in [0.25, 0.3) is 11.3 Å². The van der Waals surface area contributed by atoms with Crippen LogP contribution in [0.1, 0.15) is 24.6 Å². The van der Waals surface area contributed by atoms with Gasteiger partial charge >= 0.3 is 0 Å². The van der Waals surface area contributed by atoms with Crippen LogP contribution >= 0.6 is 0 Å². The number of aromatic nitrogens is 3. The number of nitrogens with zero attached hydrogens (tertiary/aromatic N) is 5. The van der Waals surface area contributed by atoms with Gasteiger partial charge in [-0.3, -0.25) is 0 Å². The second kappa shape index (κ2) is 9.80. The molecule has 2 fully saturated rings. The largest absolute Gasteiger partial charge is 0.378 e. The van der Waals surface area contributed by atoms with Gasteiger partial charge in [0.15, 0.2) is 0 Å². The summed E-state index contributed by atoms with van der Waals surface area (Å²) in [4.78, 5) is 19.0. The van der Waals surface area contributed by atoms with Crippen molar-refractivity contribution in [3.63, 3.8) is 0 Å². The summed E-state index contributed by atoms with van der Waals surface area (Å²) in [6, 6.07) is 12.4. The van der Waals surface area contributed by atoms with Gasteiger partial charge in [0.05, 0.1) is 18.9 Å². The van der Waals surface area contributed by atoms with Gasteiger partial charge in [0.1, 0.15) is 23.3 Å². The number of anilines is 3. The second-order valence-electron chi connectivity index (χ2n) is 8.74. The number of rotatable bonds is 5. The van der Waals surface area contributed by atoms with Crippen LogP contribution in [-0.4, -0.2) is 66.3 Å². The number of benzene rings is 1. The normalized spacial score (nSPS) is 19.5. The van der Waals surface area contributed by atoms with Crippen molar-refractivity contribution < 1.29 is 9.13 Å². The zero-order chi connectivity index (χ0) is 22.6. The van der Waals surface area contributed by atoms with Gasteiger partial charge in [-0.05, 0) is 56.8 Å². The van der Waals surface area contributed by atoms with Crippen molar-refractivity contribution in [1.82, 2.24) is 19.9 Å². The van der Waals surface area contributed by atoms with E-state index in [-0.39, 0.29) is 11.7 Å². The van der Waals surface area contributed by atoms with Gasteiger partial charge in [-0.25, -0.2) is 19.3 Å². The van der Waals surface area contributed by atoms with Crippen LogP contribution in [0.5, 0.6) is 0 Å². The van der Waals surface area contributed by atoms with Gasteiger partial charge < -0.3 is 19.9 Å². The number of piperidine rings is 1. The first-order valence-corrected chi connectivity index (χ1v) is 11.5. The molecule has 0 spiro atoms. The van der Waals surface area contributed by atoms with Crippen molar-refractivity contribution in [2.75, 3.05) is 56.7 Å². The summed E-state index contributed by atoms with van der Waals surface area (Å²) in [5, 5.41) is 3.26. The van der Waals surface area contributed by atoms with E-state index in [1.165, 1.54) is 12.1 Å². The minimum atomic E-state index is -0.286. The van der Waals surface area contributed by atoms with Gasteiger partial charge in [-0.1, -0.05) is 6.07 Å². The summed E-state index contributed by atoms with van der Waals surface area (Å²) in [7, 11) is 2.14. The smallest absolute Gasteiger partial charge is 0.135 e. The number of likely N-dealkylation sites (tertiary alicyclic amines) is 1. The molecule has 2 aliphatic heterocycles. The molecule has 172 valence electrons. The number of pyridine rings is 1. The Labute approximate surface area is 193 Å². The van der Waals surface area contributed by atoms with Crippen LogP contribution in [0.2, 0.25) is 0 Å². The molecule has 2 aliphatic rings. The Morgan fingerprint density at radius 2 is 1.94 bits per heavy atom. The summed E-state index contributed by atoms with van der Waals surface area (Å²) >= 11 is 0. The van der Waals surface area contributed by atoms with Crippen molar-refractivity contribution in [3.8, 4) is 11.3 Å². The highest BCUT2D eigenvalue weighted by molar-refractivity contribution is 5.66. The predicted octanol–water partition coefficient (Wildman–Crippen LogP) is 4.07. The molecular weight excluding hydrogens is 419 g/mol. The quantitative estimate of drug-likeness (QED) is 0.631. The minimum Gasteiger partial charge on any atom is -0.378 e. The van der Waals surface area contributed by atoms with E-state index in [4.69, 9.17) is 14.7 Å². The van der Waals surface area contributed by atoms with Gasteiger partial charge in [-0.2, -0.15) is 0 Å². The van der Waals surface area contributed by atoms with Gasteiger partial charge in [-0.15, -0.1) is 0 Å². The second-order valence-corrected chi connectivity index (χ2v) is 8.74. The fourth-order valence-electron chi connectivity index (χ4n) is 4.47. The molecule has 1 aromatic carbocycles. The molecule has 0 radical (unpaired) electrons. The third kappa shape index (κ3) is 5.29. The highest BCUT2D eigenvalue weighted by Gasteiger charge is 2.23. The molecule has 0 bridgehead atoms. The molecule has 1 atom stereocenters. The molecule has 4 heterocycles. The number of morpholine rings is 1. The fraction of sp³-hybridized carbons (Fsp3) is 0.400. The Morgan fingerprint density at radius 1 is 1.06 bits per heavy atom. The summed E-state index contributed by atoms with van der Waals surface area (Å²) in [6.07, 6.45) is 4.05. The Morgan fingerprint density at radius 3 is 2.70 bits per heavy atom. The molecule has 1 N–H and O–H groups in total. The van der Waals surface area contributed by atoms with Crippen molar-refractivity contribution in [3.05, 3.63) is 60.3 Å². The van der Waals surface area contributed by atoms with Gasteiger partial charge in [0.2, 0.25) is 0 Å². The molecule has 1 unspecified atom stereocenters. The lowest BCUT2D eigenvalue weighted by molar-refractivity contribution is 0.122. The van der Waals surface area contributed by atoms with Crippen LogP contribution < -0.4 is 10.2 Å². The molecule has 3 aromatic rings. The van der Waals surface area contributed by atoms with Crippen LogP contribution in [0, 0.1) is 5.82 Å². The molecule has 0 saturated carbocycles. The van der Waals surface area contributed by atoms with E-state index in [1.54, 1.807) is 6.07 Å². The van der Waals surface area contributed by atoms with E-state index in [1.807, 2.05) is 24.4 Å². The summed E-state index contributed by atoms with van der Waals surface area (Å²) < 4.78 is 19.2. The van der Waals surface area contributed by atoms with Crippen molar-refractivity contribution in [2.45, 2.75) is 18.8 Å². The van der Waals surface area contributed by atoms with E-state index >= 15 is 0 Å². The molecule has 2 aromatic heterocycles. The molecule has 0 aliphatic carbocycles. The lowest BCUT2D eigenvalue weighted by Crippen LogP contribution is -2.36. The maximum Gasteiger partial charge on any atom is 0.135 e. The molecule has 5 rings (SSSR count). The first-order chi connectivity index (χ1) is 16.1. The highest BCUT2D eigenvalue weighted by atomic mass is 19.1. The van der Waals surface area contributed by atoms with Gasteiger partial charge in [0.25, 0.3) is 0 Å². The fourth-order valence-corrected chi connectivity index (χ4v) is 4.47. The SMILES string of the molecule is CN1CCCC(c2nc(Nc3cccc(F)c3)cc(-c3ccc(N4CCOCC4)nc3)n2)C1. The van der Waals surface area contributed by atoms with Crippen LogP contribution in [-0.2, 0) is 4.74 Å². The van der Waals surface area contributed by atoms with Crippen molar-refractivity contribution >= 4 is 17.3 Å². The predicted molar refractivity (Wildman–Crippen MR) is 127 cm³/mol. The van der Waals surface area contributed by atoms with E-state index < -0.39 is 0 Å². The lowest BCUT2D eigenvalue weighted by atomic mass is 9.97. The molecule has 33 heavy (non-hydrogen) atoms. The third-order valence-corrected chi connectivity index (χ3v) is 6.21. The maximum absolute atomic E-state index is 13.7. The summed E-state index contributed by atoms with van der Waals surface area (Å²) in [6.45, 7) is 5.17. The molecule has 2 saturated heterocycles. The Bertz CT molecular complexity index is 1090. The Hall–Kier alpha value is -3.10. The Balaban J connectivity index is 1.46. The summed E-state index contributed by atoms with van der Waals surface area (Å²) in [5.74, 6) is 2.40. The van der Waals surface area contributed by atoms with Crippen LogP contribution in [0.15, 0.2) is 48.7 Å². The average molecular weight is 449 g/mol. The molecular formula is C25H29FN6O. The van der Waals surface area contributed by atoms with E-state index in [0.29, 0.717) is 11.5 Å². The van der Waals surface area contributed by atoms with Crippen LogP contribution in [0.3, 0.4) is 0 Å². The molecule has 8 heteroatoms. The first kappa shape index (κ1) is 21.7. The summed E-state index contributed by atoms with van der Waals surface area (Å²) in [5.41, 5.74) is 2.41. The van der Waals surface area contributed by atoms with Crippen molar-refractivity contribution in [2.24, 2.45) is 0 Å². The number of likely N-dealkylation sites (N-methyl/N-ethyl adjacent to an activating group) is 1. The minimum absolute atomic E-state index is 0.261. The first-order valence-electron chi connectivity index (χ1n) is 11.5. The third-order valence-electron chi connectivity index (χ3n) is 6.21. The number of halogens is 1. The maximum atomic E-state index is 13.7. The van der Waals surface area contributed by atoms with Gasteiger partial charge in [0, 0.05) is 49.1 Å². The number of hydrogen-bond donors (Lipinski definition) is 1. The number of ether oxygens (including phenoxy) is 1. The molecule has 7 nitrogen and oxygen atoms in total. The van der Waals surface area contributed by atoms with Crippen molar-refractivity contribution in [1.29, 1.82) is 0 Å². The topological polar surface area (TPSA) is 66.4 Å². The lowest BCUT2D eigenvalue weighted by Gasteiger charge is -2.29. The van der Waals surface area contributed by atoms with E-state index in [9.17, 15) is 4.39 Å². The van der Waals surface area contributed by atoms with E-state index in [2.05, 4.69) is 33.2 Å². The average Bonchev–Trinajstić information content (AvgIpc) is 2.84. The van der Waals surface area contributed by atoms with E-state index in [0.717, 1.165) is 75.1 Å².